The molecule has 0 unspecified atom stereocenters. The molecule has 112 valence electrons. The molecule has 0 spiro atoms. The highest BCUT2D eigenvalue weighted by molar-refractivity contribution is 8.02. The third-order valence-corrected chi connectivity index (χ3v) is 4.75. The van der Waals surface area contributed by atoms with Crippen LogP contribution in [0, 0.1) is 0 Å². The van der Waals surface area contributed by atoms with Gasteiger partial charge in [0, 0.05) is 12.7 Å². The summed E-state index contributed by atoms with van der Waals surface area (Å²) >= 11 is 2.81. The number of anilines is 2. The van der Waals surface area contributed by atoms with Crippen LogP contribution in [0.25, 0.3) is 0 Å². The number of carbonyl (C=O) groups is 1. The molecule has 6 nitrogen and oxygen atoms in total. The van der Waals surface area contributed by atoms with Crippen molar-refractivity contribution in [1.29, 1.82) is 0 Å². The number of amides is 1. The molecule has 0 saturated carbocycles. The van der Waals surface area contributed by atoms with Gasteiger partial charge >= 0.3 is 0 Å². The summed E-state index contributed by atoms with van der Waals surface area (Å²) in [7, 11) is 3.39. The monoisotopic (exact) mass is 324 g/mol. The molecule has 1 aromatic carbocycles. The average molecular weight is 324 g/mol. The molecular formula is C13H16N4O2S2. The zero-order valence-electron chi connectivity index (χ0n) is 11.9. The van der Waals surface area contributed by atoms with E-state index in [2.05, 4.69) is 20.8 Å². The van der Waals surface area contributed by atoms with Gasteiger partial charge in [-0.25, -0.2) is 0 Å². The third kappa shape index (κ3) is 4.33. The summed E-state index contributed by atoms with van der Waals surface area (Å²) in [6.07, 6.45) is 0. The number of aromatic nitrogens is 2. The topological polar surface area (TPSA) is 76.1 Å². The van der Waals surface area contributed by atoms with Gasteiger partial charge in [0.15, 0.2) is 4.34 Å². The number of nitrogens with zero attached hydrogens (tertiary/aromatic N) is 2. The molecular weight excluding hydrogens is 308 g/mol. The number of hydrogen-bond donors (Lipinski definition) is 2. The van der Waals surface area contributed by atoms with Gasteiger partial charge in [0.25, 0.3) is 0 Å². The molecule has 2 rings (SSSR count). The number of ether oxygens (including phenoxy) is 1. The van der Waals surface area contributed by atoms with Crippen LogP contribution in [0.1, 0.15) is 6.92 Å². The minimum atomic E-state index is -0.259. The standard InChI is InChI=1S/C13H16N4O2S2/c1-8(20-13-17-16-12(14-2)21-13)11(18)15-9-4-6-10(19-3)7-5-9/h4-8H,1-3H3,(H,14,16)(H,15,18)/t8-/m0/s1. The lowest BCUT2D eigenvalue weighted by Gasteiger charge is -2.10. The molecule has 0 fully saturated rings. The first kappa shape index (κ1) is 15.6. The van der Waals surface area contributed by atoms with Crippen molar-refractivity contribution in [2.75, 3.05) is 24.8 Å². The number of thioether (sulfide) groups is 1. The molecule has 1 amide bonds. The zero-order valence-corrected chi connectivity index (χ0v) is 13.5. The van der Waals surface area contributed by atoms with E-state index in [1.165, 1.54) is 23.1 Å². The lowest BCUT2D eigenvalue weighted by atomic mass is 10.3. The first-order chi connectivity index (χ1) is 10.1. The Morgan fingerprint density at radius 3 is 2.62 bits per heavy atom. The van der Waals surface area contributed by atoms with Crippen molar-refractivity contribution in [3.8, 4) is 5.75 Å². The molecule has 0 radical (unpaired) electrons. The number of rotatable bonds is 6. The van der Waals surface area contributed by atoms with Gasteiger partial charge in [-0.3, -0.25) is 4.79 Å². The van der Waals surface area contributed by atoms with Gasteiger partial charge in [0.2, 0.25) is 11.0 Å². The van der Waals surface area contributed by atoms with Crippen molar-refractivity contribution in [2.45, 2.75) is 16.5 Å². The Bertz CT molecular complexity index is 600. The van der Waals surface area contributed by atoms with Crippen LogP contribution in [-0.4, -0.2) is 35.5 Å². The maximum atomic E-state index is 12.1. The Morgan fingerprint density at radius 2 is 2.05 bits per heavy atom. The minimum Gasteiger partial charge on any atom is -0.497 e. The summed E-state index contributed by atoms with van der Waals surface area (Å²) in [5.41, 5.74) is 0.737. The van der Waals surface area contributed by atoms with Crippen LogP contribution in [0.3, 0.4) is 0 Å². The Labute approximate surface area is 131 Å². The van der Waals surface area contributed by atoms with Gasteiger partial charge in [-0.05, 0) is 31.2 Å². The fourth-order valence-electron chi connectivity index (χ4n) is 1.48. The van der Waals surface area contributed by atoms with Crippen LogP contribution in [0.5, 0.6) is 5.75 Å². The molecule has 0 aliphatic heterocycles. The molecule has 8 heteroatoms. The molecule has 1 aromatic heterocycles. The van der Waals surface area contributed by atoms with Gasteiger partial charge < -0.3 is 15.4 Å². The largest absolute Gasteiger partial charge is 0.497 e. The number of carbonyl (C=O) groups excluding carboxylic acids is 1. The number of methoxy groups -OCH3 is 1. The Hall–Kier alpha value is -1.80. The molecule has 0 saturated heterocycles. The van der Waals surface area contributed by atoms with E-state index in [1.54, 1.807) is 38.4 Å². The zero-order chi connectivity index (χ0) is 15.2. The number of benzene rings is 1. The van der Waals surface area contributed by atoms with Gasteiger partial charge in [0.1, 0.15) is 5.75 Å². The van der Waals surface area contributed by atoms with Crippen molar-refractivity contribution in [2.24, 2.45) is 0 Å². The van der Waals surface area contributed by atoms with Gasteiger partial charge in [-0.2, -0.15) is 0 Å². The van der Waals surface area contributed by atoms with E-state index in [0.29, 0.717) is 0 Å². The maximum absolute atomic E-state index is 12.1. The first-order valence-electron chi connectivity index (χ1n) is 6.25. The smallest absolute Gasteiger partial charge is 0.237 e. The van der Waals surface area contributed by atoms with Gasteiger partial charge in [-0.1, -0.05) is 23.1 Å². The van der Waals surface area contributed by atoms with Crippen LogP contribution in [0.2, 0.25) is 0 Å². The predicted octanol–water partition coefficient (Wildman–Crippen LogP) is 2.71. The first-order valence-corrected chi connectivity index (χ1v) is 7.95. The highest BCUT2D eigenvalue weighted by Crippen LogP contribution is 2.29. The van der Waals surface area contributed by atoms with Crippen LogP contribution in [-0.2, 0) is 4.79 Å². The predicted molar refractivity (Wildman–Crippen MR) is 86.4 cm³/mol. The van der Waals surface area contributed by atoms with Crippen LogP contribution >= 0.6 is 23.1 Å². The summed E-state index contributed by atoms with van der Waals surface area (Å²) in [5.74, 6) is 0.676. The average Bonchev–Trinajstić information content (AvgIpc) is 2.95. The normalized spacial score (nSPS) is 11.8. The third-order valence-electron chi connectivity index (χ3n) is 2.62. The second-order valence-electron chi connectivity index (χ2n) is 4.10. The SMILES string of the molecule is CNc1nnc(S[C@@H](C)C(=O)Nc2ccc(OC)cc2)s1. The Balaban J connectivity index is 1.92. The Kier molecular flexibility index (Phi) is 5.40. The van der Waals surface area contributed by atoms with E-state index < -0.39 is 0 Å². The molecule has 1 heterocycles. The lowest BCUT2D eigenvalue weighted by Crippen LogP contribution is -2.22. The molecule has 21 heavy (non-hydrogen) atoms. The van der Waals surface area contributed by atoms with Gasteiger partial charge in [0.05, 0.1) is 12.4 Å². The molecule has 1 atom stereocenters. The number of nitrogens with one attached hydrogen (secondary N) is 2. The van der Waals surface area contributed by atoms with Crippen LogP contribution < -0.4 is 15.4 Å². The van der Waals surface area contributed by atoms with Crippen molar-refractivity contribution in [3.63, 3.8) is 0 Å². The summed E-state index contributed by atoms with van der Waals surface area (Å²) in [6.45, 7) is 1.84. The minimum absolute atomic E-state index is 0.0774. The molecule has 0 aliphatic carbocycles. The second-order valence-corrected chi connectivity index (χ2v) is 6.67. The van der Waals surface area contributed by atoms with Crippen molar-refractivity contribution in [1.82, 2.24) is 10.2 Å². The highest BCUT2D eigenvalue weighted by Gasteiger charge is 2.17. The van der Waals surface area contributed by atoms with E-state index >= 15 is 0 Å². The van der Waals surface area contributed by atoms with E-state index in [0.717, 1.165) is 20.9 Å². The Morgan fingerprint density at radius 1 is 1.33 bits per heavy atom. The van der Waals surface area contributed by atoms with E-state index in [-0.39, 0.29) is 11.2 Å². The lowest BCUT2D eigenvalue weighted by molar-refractivity contribution is -0.115. The summed E-state index contributed by atoms with van der Waals surface area (Å²) in [4.78, 5) is 12.1. The second kappa shape index (κ2) is 7.28. The summed E-state index contributed by atoms with van der Waals surface area (Å²) < 4.78 is 5.84. The molecule has 2 aromatic rings. The van der Waals surface area contributed by atoms with E-state index in [1.807, 2.05) is 6.92 Å². The van der Waals surface area contributed by atoms with Crippen molar-refractivity contribution < 1.29 is 9.53 Å². The van der Waals surface area contributed by atoms with E-state index in [4.69, 9.17) is 4.74 Å². The quantitative estimate of drug-likeness (QED) is 0.796. The van der Waals surface area contributed by atoms with Gasteiger partial charge in [-0.15, -0.1) is 10.2 Å². The van der Waals surface area contributed by atoms with Crippen molar-refractivity contribution in [3.05, 3.63) is 24.3 Å². The summed E-state index contributed by atoms with van der Waals surface area (Å²) in [5, 5.41) is 14.2. The van der Waals surface area contributed by atoms with Crippen LogP contribution in [0.4, 0.5) is 10.8 Å². The molecule has 0 aliphatic rings. The summed E-state index contributed by atoms with van der Waals surface area (Å²) in [6, 6.07) is 7.21. The van der Waals surface area contributed by atoms with E-state index in [9.17, 15) is 4.79 Å². The fraction of sp³-hybridized carbons (Fsp3) is 0.308. The number of hydrogen-bond acceptors (Lipinski definition) is 7. The molecule has 2 N–H and O–H groups in total. The van der Waals surface area contributed by atoms with Crippen LogP contribution in [0.15, 0.2) is 28.6 Å². The van der Waals surface area contributed by atoms with Crippen molar-refractivity contribution >= 4 is 39.8 Å². The fourth-order valence-corrected chi connectivity index (χ4v) is 3.33. The maximum Gasteiger partial charge on any atom is 0.237 e. The highest BCUT2D eigenvalue weighted by atomic mass is 32.2. The molecule has 0 bridgehead atoms.